The SMILES string of the molecule is CCN(C(=O)COC(=O)c1ccccc1OCC(=O)Nc1ccccc1F)C1CCCCC1. The highest BCUT2D eigenvalue weighted by Crippen LogP contribution is 2.23. The van der Waals surface area contributed by atoms with E-state index in [1.165, 1.54) is 36.8 Å². The number of benzene rings is 2. The number of amides is 2. The summed E-state index contributed by atoms with van der Waals surface area (Å²) in [5.74, 6) is -1.94. The van der Waals surface area contributed by atoms with Gasteiger partial charge in [-0.05, 0) is 44.0 Å². The third-order valence-electron chi connectivity index (χ3n) is 5.62. The van der Waals surface area contributed by atoms with Crippen LogP contribution in [0.2, 0.25) is 0 Å². The molecule has 1 fully saturated rings. The third-order valence-corrected chi connectivity index (χ3v) is 5.62. The molecule has 1 saturated carbocycles. The van der Waals surface area contributed by atoms with E-state index in [-0.39, 0.29) is 35.6 Å². The van der Waals surface area contributed by atoms with Gasteiger partial charge in [0.05, 0.1) is 5.69 Å². The fraction of sp³-hybridized carbons (Fsp3) is 0.400. The van der Waals surface area contributed by atoms with E-state index in [0.717, 1.165) is 25.7 Å². The van der Waals surface area contributed by atoms with Crippen molar-refractivity contribution in [2.75, 3.05) is 25.1 Å². The fourth-order valence-corrected chi connectivity index (χ4v) is 3.97. The Morgan fingerprint density at radius 1 is 1.00 bits per heavy atom. The lowest BCUT2D eigenvalue weighted by Crippen LogP contribution is -2.43. The van der Waals surface area contributed by atoms with Gasteiger partial charge in [0.1, 0.15) is 17.1 Å². The van der Waals surface area contributed by atoms with E-state index in [1.807, 2.05) is 6.92 Å². The molecule has 0 aromatic heterocycles. The summed E-state index contributed by atoms with van der Waals surface area (Å²) in [6, 6.07) is 12.3. The number of anilines is 1. The molecule has 0 heterocycles. The number of rotatable bonds is 9. The average Bonchev–Trinajstić information content (AvgIpc) is 2.84. The predicted molar refractivity (Wildman–Crippen MR) is 122 cm³/mol. The van der Waals surface area contributed by atoms with Crippen LogP contribution in [-0.2, 0) is 14.3 Å². The molecule has 0 atom stereocenters. The lowest BCUT2D eigenvalue weighted by atomic mass is 9.94. The van der Waals surface area contributed by atoms with Gasteiger partial charge in [-0.3, -0.25) is 9.59 Å². The molecule has 8 heteroatoms. The Hall–Kier alpha value is -3.42. The average molecular weight is 457 g/mol. The number of ether oxygens (including phenoxy) is 2. The molecule has 2 aromatic rings. The quantitative estimate of drug-likeness (QED) is 0.572. The normalized spacial score (nSPS) is 13.8. The van der Waals surface area contributed by atoms with Crippen LogP contribution in [0.5, 0.6) is 5.75 Å². The van der Waals surface area contributed by atoms with Gasteiger partial charge in [0.25, 0.3) is 11.8 Å². The summed E-state index contributed by atoms with van der Waals surface area (Å²) < 4.78 is 24.4. The molecule has 33 heavy (non-hydrogen) atoms. The first-order valence-corrected chi connectivity index (χ1v) is 11.2. The minimum absolute atomic E-state index is 0.0377. The largest absolute Gasteiger partial charge is 0.483 e. The van der Waals surface area contributed by atoms with Crippen LogP contribution in [0.25, 0.3) is 0 Å². The minimum atomic E-state index is -0.715. The Labute approximate surface area is 192 Å². The summed E-state index contributed by atoms with van der Waals surface area (Å²) in [5, 5.41) is 2.41. The first-order valence-electron chi connectivity index (χ1n) is 11.2. The highest BCUT2D eigenvalue weighted by atomic mass is 19.1. The Bertz CT molecular complexity index is 975. The Morgan fingerprint density at radius 3 is 2.42 bits per heavy atom. The van der Waals surface area contributed by atoms with Crippen molar-refractivity contribution < 1.29 is 28.2 Å². The number of hydrogen-bond acceptors (Lipinski definition) is 5. The number of esters is 1. The van der Waals surface area contributed by atoms with Gasteiger partial charge >= 0.3 is 5.97 Å². The van der Waals surface area contributed by atoms with Gasteiger partial charge in [-0.15, -0.1) is 0 Å². The molecule has 1 N–H and O–H groups in total. The summed E-state index contributed by atoms with van der Waals surface area (Å²) in [7, 11) is 0. The third kappa shape index (κ3) is 6.78. The molecule has 0 aliphatic heterocycles. The monoisotopic (exact) mass is 456 g/mol. The molecule has 0 spiro atoms. The van der Waals surface area contributed by atoms with E-state index in [9.17, 15) is 18.8 Å². The molecule has 2 aromatic carbocycles. The Kier molecular flexibility index (Phi) is 8.80. The fourth-order valence-electron chi connectivity index (χ4n) is 3.97. The van der Waals surface area contributed by atoms with Crippen LogP contribution >= 0.6 is 0 Å². The molecular weight excluding hydrogens is 427 g/mol. The van der Waals surface area contributed by atoms with Crippen molar-refractivity contribution in [3.8, 4) is 5.75 Å². The number of carbonyl (C=O) groups is 3. The summed E-state index contributed by atoms with van der Waals surface area (Å²) >= 11 is 0. The highest BCUT2D eigenvalue weighted by molar-refractivity contribution is 5.95. The van der Waals surface area contributed by atoms with E-state index < -0.39 is 24.3 Å². The van der Waals surface area contributed by atoms with Crippen LogP contribution < -0.4 is 10.1 Å². The molecule has 3 rings (SSSR count). The van der Waals surface area contributed by atoms with Crippen LogP contribution in [-0.4, -0.2) is 48.5 Å². The second-order valence-electron chi connectivity index (χ2n) is 7.86. The van der Waals surface area contributed by atoms with Crippen molar-refractivity contribution in [2.24, 2.45) is 0 Å². The van der Waals surface area contributed by atoms with E-state index in [1.54, 1.807) is 23.1 Å². The molecule has 7 nitrogen and oxygen atoms in total. The number of likely N-dealkylation sites (N-methyl/N-ethyl adjacent to an activating group) is 1. The zero-order chi connectivity index (χ0) is 23.6. The zero-order valence-electron chi connectivity index (χ0n) is 18.7. The first-order chi connectivity index (χ1) is 16.0. The molecule has 176 valence electrons. The van der Waals surface area contributed by atoms with Gasteiger partial charge in [0.15, 0.2) is 13.2 Å². The van der Waals surface area contributed by atoms with Crippen LogP contribution in [0.15, 0.2) is 48.5 Å². The number of nitrogens with zero attached hydrogens (tertiary/aromatic N) is 1. The van der Waals surface area contributed by atoms with E-state index in [2.05, 4.69) is 5.32 Å². The van der Waals surface area contributed by atoms with E-state index >= 15 is 0 Å². The van der Waals surface area contributed by atoms with Gasteiger partial charge in [-0.2, -0.15) is 0 Å². The van der Waals surface area contributed by atoms with Gasteiger partial charge in [0, 0.05) is 12.6 Å². The van der Waals surface area contributed by atoms with Crippen LogP contribution in [0.1, 0.15) is 49.4 Å². The van der Waals surface area contributed by atoms with Crippen LogP contribution in [0.4, 0.5) is 10.1 Å². The molecule has 1 aliphatic carbocycles. The number of hydrogen-bond donors (Lipinski definition) is 1. The maximum atomic E-state index is 13.7. The molecule has 0 unspecified atom stereocenters. The summed E-state index contributed by atoms with van der Waals surface area (Å²) in [6.45, 7) is 1.70. The van der Waals surface area contributed by atoms with Crippen molar-refractivity contribution in [1.82, 2.24) is 4.90 Å². The minimum Gasteiger partial charge on any atom is -0.483 e. The Balaban J connectivity index is 1.55. The number of halogens is 1. The van der Waals surface area contributed by atoms with Crippen molar-refractivity contribution >= 4 is 23.5 Å². The van der Waals surface area contributed by atoms with Crippen LogP contribution in [0.3, 0.4) is 0 Å². The lowest BCUT2D eigenvalue weighted by Gasteiger charge is -2.33. The summed E-state index contributed by atoms with van der Waals surface area (Å²) in [5.41, 5.74) is 0.139. The Morgan fingerprint density at radius 2 is 1.70 bits per heavy atom. The van der Waals surface area contributed by atoms with Crippen molar-refractivity contribution in [3.05, 3.63) is 59.9 Å². The topological polar surface area (TPSA) is 84.9 Å². The molecule has 2 amide bonds. The smallest absolute Gasteiger partial charge is 0.342 e. The second kappa shape index (κ2) is 12.0. The molecular formula is C25H29FN2O5. The highest BCUT2D eigenvalue weighted by Gasteiger charge is 2.25. The van der Waals surface area contributed by atoms with Crippen molar-refractivity contribution in [3.63, 3.8) is 0 Å². The standard InChI is InChI=1S/C25H29FN2O5/c1-2-28(18-10-4-3-5-11-18)24(30)17-33-25(31)19-12-6-9-15-22(19)32-16-23(29)27-21-14-8-7-13-20(21)26/h6-9,12-15,18H,2-5,10-11,16-17H2,1H3,(H,27,29). The number of para-hydroxylation sites is 2. The number of carbonyl (C=O) groups excluding carboxylic acids is 3. The summed E-state index contributed by atoms with van der Waals surface area (Å²) in [4.78, 5) is 39.2. The van der Waals surface area contributed by atoms with Crippen molar-refractivity contribution in [2.45, 2.75) is 45.1 Å². The van der Waals surface area contributed by atoms with Gasteiger partial charge in [0.2, 0.25) is 0 Å². The molecule has 1 aliphatic rings. The maximum absolute atomic E-state index is 13.7. The molecule has 0 bridgehead atoms. The predicted octanol–water partition coefficient (Wildman–Crippen LogP) is 4.18. The van der Waals surface area contributed by atoms with Gasteiger partial charge in [-0.1, -0.05) is 43.5 Å². The second-order valence-corrected chi connectivity index (χ2v) is 7.86. The maximum Gasteiger partial charge on any atom is 0.342 e. The zero-order valence-corrected chi connectivity index (χ0v) is 18.7. The van der Waals surface area contributed by atoms with E-state index in [0.29, 0.717) is 6.54 Å². The van der Waals surface area contributed by atoms with Crippen LogP contribution in [0, 0.1) is 5.82 Å². The van der Waals surface area contributed by atoms with Gasteiger partial charge in [-0.25, -0.2) is 9.18 Å². The molecule has 0 radical (unpaired) electrons. The van der Waals surface area contributed by atoms with Gasteiger partial charge < -0.3 is 19.7 Å². The lowest BCUT2D eigenvalue weighted by molar-refractivity contribution is -0.137. The van der Waals surface area contributed by atoms with E-state index in [4.69, 9.17) is 9.47 Å². The first kappa shape index (κ1) is 24.2. The number of nitrogens with one attached hydrogen (secondary N) is 1. The van der Waals surface area contributed by atoms with Crippen molar-refractivity contribution in [1.29, 1.82) is 0 Å². The molecule has 0 saturated heterocycles. The summed E-state index contributed by atoms with van der Waals surface area (Å²) in [6.07, 6.45) is 5.33.